The van der Waals surface area contributed by atoms with Crippen molar-refractivity contribution in [2.75, 3.05) is 19.6 Å². The molecule has 0 aromatic carbocycles. The third-order valence-corrected chi connectivity index (χ3v) is 5.10. The molecule has 102 valence electrons. The van der Waals surface area contributed by atoms with Crippen LogP contribution < -0.4 is 5.32 Å². The van der Waals surface area contributed by atoms with E-state index in [4.69, 9.17) is 0 Å². The molecule has 1 amide bonds. The molecular formula is C15H26N2O. The fourth-order valence-electron chi connectivity index (χ4n) is 4.14. The van der Waals surface area contributed by atoms with Gasteiger partial charge in [-0.1, -0.05) is 13.3 Å². The monoisotopic (exact) mass is 250 g/mol. The van der Waals surface area contributed by atoms with Gasteiger partial charge in [-0.3, -0.25) is 4.79 Å². The minimum atomic E-state index is 0.409. The van der Waals surface area contributed by atoms with Gasteiger partial charge in [-0.2, -0.15) is 0 Å². The van der Waals surface area contributed by atoms with Gasteiger partial charge >= 0.3 is 0 Å². The summed E-state index contributed by atoms with van der Waals surface area (Å²) in [5.74, 6) is 2.40. The highest BCUT2D eigenvalue weighted by Crippen LogP contribution is 2.58. The van der Waals surface area contributed by atoms with Crippen molar-refractivity contribution in [3.05, 3.63) is 0 Å². The van der Waals surface area contributed by atoms with Crippen LogP contribution in [0.4, 0.5) is 0 Å². The van der Waals surface area contributed by atoms with Gasteiger partial charge in [-0.15, -0.1) is 0 Å². The first kappa shape index (κ1) is 12.5. The molecule has 3 unspecified atom stereocenters. The summed E-state index contributed by atoms with van der Waals surface area (Å²) in [5.41, 5.74) is 0. The van der Waals surface area contributed by atoms with Crippen LogP contribution in [0.15, 0.2) is 0 Å². The number of hydrogen-bond acceptors (Lipinski definition) is 2. The Morgan fingerprint density at radius 1 is 1.22 bits per heavy atom. The first-order chi connectivity index (χ1) is 8.81. The Hall–Kier alpha value is -0.570. The predicted octanol–water partition coefficient (Wildman–Crippen LogP) is 2.02. The number of carbonyl (C=O) groups is 1. The Kier molecular flexibility index (Phi) is 3.60. The van der Waals surface area contributed by atoms with E-state index >= 15 is 0 Å². The second kappa shape index (κ2) is 5.20. The Balaban J connectivity index is 1.56. The third kappa shape index (κ3) is 2.29. The van der Waals surface area contributed by atoms with E-state index < -0.39 is 0 Å². The van der Waals surface area contributed by atoms with E-state index in [0.29, 0.717) is 17.9 Å². The zero-order valence-electron chi connectivity index (χ0n) is 11.5. The average Bonchev–Trinajstić information content (AvgIpc) is 2.80. The summed E-state index contributed by atoms with van der Waals surface area (Å²) < 4.78 is 0. The number of nitrogens with one attached hydrogen (secondary N) is 1. The molecule has 0 spiro atoms. The van der Waals surface area contributed by atoms with Gasteiger partial charge in [0.05, 0.1) is 0 Å². The van der Waals surface area contributed by atoms with E-state index in [-0.39, 0.29) is 0 Å². The Morgan fingerprint density at radius 3 is 2.61 bits per heavy atom. The molecule has 0 radical (unpaired) electrons. The fourth-order valence-corrected chi connectivity index (χ4v) is 4.14. The minimum Gasteiger partial charge on any atom is -0.341 e. The van der Waals surface area contributed by atoms with Crippen molar-refractivity contribution in [3.63, 3.8) is 0 Å². The number of hydrogen-bond donors (Lipinski definition) is 1. The maximum atomic E-state index is 12.6. The molecule has 3 rings (SSSR count). The zero-order valence-corrected chi connectivity index (χ0v) is 11.5. The van der Waals surface area contributed by atoms with E-state index in [1.54, 1.807) is 0 Å². The molecule has 2 saturated carbocycles. The van der Waals surface area contributed by atoms with Crippen LogP contribution in [-0.4, -0.2) is 36.5 Å². The van der Waals surface area contributed by atoms with Crippen LogP contribution in [0.2, 0.25) is 0 Å². The lowest BCUT2D eigenvalue weighted by atomic mass is 10.1. The molecule has 1 saturated heterocycles. The third-order valence-electron chi connectivity index (χ3n) is 5.10. The van der Waals surface area contributed by atoms with Crippen LogP contribution in [-0.2, 0) is 4.79 Å². The molecule has 18 heavy (non-hydrogen) atoms. The maximum Gasteiger partial charge on any atom is 0.226 e. The largest absolute Gasteiger partial charge is 0.341 e. The first-order valence-electron chi connectivity index (χ1n) is 7.83. The highest BCUT2D eigenvalue weighted by Gasteiger charge is 2.57. The van der Waals surface area contributed by atoms with Gasteiger partial charge in [-0.05, 0) is 50.5 Å². The maximum absolute atomic E-state index is 12.6. The number of rotatable bonds is 5. The lowest BCUT2D eigenvalue weighted by Gasteiger charge is -2.26. The van der Waals surface area contributed by atoms with Crippen LogP contribution in [0, 0.1) is 17.8 Å². The zero-order chi connectivity index (χ0) is 12.5. The number of fused-ring (bicyclic) bond motifs is 1. The van der Waals surface area contributed by atoms with E-state index in [1.807, 2.05) is 0 Å². The van der Waals surface area contributed by atoms with Crippen LogP contribution in [0.25, 0.3) is 0 Å². The molecule has 0 bridgehead atoms. The van der Waals surface area contributed by atoms with E-state index in [9.17, 15) is 4.79 Å². The topological polar surface area (TPSA) is 32.3 Å². The summed E-state index contributed by atoms with van der Waals surface area (Å²) in [6.45, 7) is 5.21. The molecule has 3 fully saturated rings. The second-order valence-electron chi connectivity index (χ2n) is 6.36. The standard InChI is InChI=1S/C15H26N2O/c1-2-9-17(10-11-5-4-8-16-11)15(18)14-12-6-3-7-13(12)14/h11-14,16H,2-10H2,1H3. The van der Waals surface area contributed by atoms with Gasteiger partial charge in [-0.25, -0.2) is 0 Å². The predicted molar refractivity (Wildman–Crippen MR) is 72.2 cm³/mol. The smallest absolute Gasteiger partial charge is 0.226 e. The van der Waals surface area contributed by atoms with Gasteiger partial charge in [0.1, 0.15) is 0 Å². The SMILES string of the molecule is CCCN(CC1CCCN1)C(=O)C1C2CCCC21. The first-order valence-corrected chi connectivity index (χ1v) is 7.83. The quantitative estimate of drug-likeness (QED) is 0.809. The van der Waals surface area contributed by atoms with Gasteiger partial charge < -0.3 is 10.2 Å². The van der Waals surface area contributed by atoms with Crippen molar-refractivity contribution in [2.24, 2.45) is 17.8 Å². The van der Waals surface area contributed by atoms with Crippen LogP contribution >= 0.6 is 0 Å². The van der Waals surface area contributed by atoms with Crippen molar-refractivity contribution in [3.8, 4) is 0 Å². The molecule has 0 aromatic heterocycles. The summed E-state index contributed by atoms with van der Waals surface area (Å²) in [7, 11) is 0. The van der Waals surface area contributed by atoms with Crippen molar-refractivity contribution in [1.29, 1.82) is 0 Å². The van der Waals surface area contributed by atoms with Crippen molar-refractivity contribution < 1.29 is 4.79 Å². The summed E-state index contributed by atoms with van der Waals surface area (Å²) in [6, 6.07) is 0.555. The summed E-state index contributed by atoms with van der Waals surface area (Å²) in [6.07, 6.45) is 7.57. The van der Waals surface area contributed by atoms with Gasteiger partial charge in [0, 0.05) is 25.0 Å². The van der Waals surface area contributed by atoms with E-state index in [2.05, 4.69) is 17.1 Å². The number of nitrogens with zero attached hydrogens (tertiary/aromatic N) is 1. The molecule has 3 aliphatic rings. The normalized spacial score (nSPS) is 37.6. The molecule has 3 atom stereocenters. The number of carbonyl (C=O) groups excluding carboxylic acids is 1. The van der Waals surface area contributed by atoms with E-state index in [1.165, 1.54) is 32.1 Å². The average molecular weight is 250 g/mol. The molecule has 3 heteroatoms. The van der Waals surface area contributed by atoms with Crippen LogP contribution in [0.5, 0.6) is 0 Å². The molecule has 2 aliphatic carbocycles. The molecule has 1 N–H and O–H groups in total. The highest BCUT2D eigenvalue weighted by molar-refractivity contribution is 5.82. The van der Waals surface area contributed by atoms with Crippen LogP contribution in [0.1, 0.15) is 45.4 Å². The lowest BCUT2D eigenvalue weighted by molar-refractivity contribution is -0.133. The summed E-state index contributed by atoms with van der Waals surface area (Å²) >= 11 is 0. The van der Waals surface area contributed by atoms with Crippen molar-refractivity contribution >= 4 is 5.91 Å². The lowest BCUT2D eigenvalue weighted by Crippen LogP contribution is -2.42. The summed E-state index contributed by atoms with van der Waals surface area (Å²) in [5, 5.41) is 3.52. The molecule has 3 nitrogen and oxygen atoms in total. The summed E-state index contributed by atoms with van der Waals surface area (Å²) in [4.78, 5) is 14.8. The molecule has 0 aromatic rings. The van der Waals surface area contributed by atoms with Gasteiger partial charge in [0.2, 0.25) is 5.91 Å². The second-order valence-corrected chi connectivity index (χ2v) is 6.36. The van der Waals surface area contributed by atoms with Gasteiger partial charge in [0.25, 0.3) is 0 Å². The molecular weight excluding hydrogens is 224 g/mol. The van der Waals surface area contributed by atoms with Crippen molar-refractivity contribution in [2.45, 2.75) is 51.5 Å². The Morgan fingerprint density at radius 2 is 2.00 bits per heavy atom. The fraction of sp³-hybridized carbons (Fsp3) is 0.933. The number of amides is 1. The van der Waals surface area contributed by atoms with Gasteiger partial charge in [0.15, 0.2) is 0 Å². The van der Waals surface area contributed by atoms with Crippen molar-refractivity contribution in [1.82, 2.24) is 10.2 Å². The Labute approximate surface area is 110 Å². The molecule has 1 heterocycles. The van der Waals surface area contributed by atoms with Crippen LogP contribution in [0.3, 0.4) is 0 Å². The van der Waals surface area contributed by atoms with E-state index in [0.717, 1.165) is 37.9 Å². The minimum absolute atomic E-state index is 0.409. The highest BCUT2D eigenvalue weighted by atomic mass is 16.2. The Bertz CT molecular complexity index is 302. The molecule has 1 aliphatic heterocycles.